The number of hydrogen-bond acceptors (Lipinski definition) is 4. The smallest absolute Gasteiger partial charge is 0.264 e. The Morgan fingerprint density at radius 2 is 2.10 bits per heavy atom. The fourth-order valence-electron chi connectivity index (χ4n) is 2.33. The molecule has 1 aliphatic heterocycles. The molecule has 0 aromatic carbocycles. The van der Waals surface area contributed by atoms with E-state index in [2.05, 4.69) is 65.2 Å². The minimum absolute atomic E-state index is 0.0652. The van der Waals surface area contributed by atoms with E-state index in [4.69, 9.17) is 4.74 Å². The second-order valence-corrected chi connectivity index (χ2v) is 6.83. The van der Waals surface area contributed by atoms with E-state index >= 15 is 0 Å². The topological polar surface area (TPSA) is 58.2 Å². The van der Waals surface area contributed by atoms with Gasteiger partial charge in [0.1, 0.15) is 11.9 Å². The highest BCUT2D eigenvalue weighted by atomic mass is 127. The molecule has 112 valence electrons. The summed E-state index contributed by atoms with van der Waals surface area (Å²) in [6.45, 7) is 10.8. The van der Waals surface area contributed by atoms with Gasteiger partial charge < -0.3 is 9.72 Å². The van der Waals surface area contributed by atoms with Gasteiger partial charge in [-0.15, -0.1) is 0 Å². The Balaban J connectivity index is 2.31. The summed E-state index contributed by atoms with van der Waals surface area (Å²) >= 11 is 2.06. The van der Waals surface area contributed by atoms with E-state index in [0.717, 1.165) is 18.8 Å². The van der Waals surface area contributed by atoms with Crippen LogP contribution in [0.2, 0.25) is 0 Å². The zero-order chi connectivity index (χ0) is 14.9. The Kier molecular flexibility index (Phi) is 5.19. The summed E-state index contributed by atoms with van der Waals surface area (Å²) in [6.07, 6.45) is -0.145. The van der Waals surface area contributed by atoms with Gasteiger partial charge in [0, 0.05) is 19.1 Å². The lowest BCUT2D eigenvalue weighted by Gasteiger charge is -2.35. The molecule has 1 aromatic heterocycles. The van der Waals surface area contributed by atoms with Crippen LogP contribution >= 0.6 is 22.6 Å². The predicted molar refractivity (Wildman–Crippen MR) is 87.1 cm³/mol. The fourth-order valence-corrected chi connectivity index (χ4v) is 3.21. The molecule has 20 heavy (non-hydrogen) atoms. The van der Waals surface area contributed by atoms with E-state index in [1.807, 2.05) is 0 Å². The van der Waals surface area contributed by atoms with Gasteiger partial charge in [-0.3, -0.25) is 9.69 Å². The third-order valence-electron chi connectivity index (χ3n) is 3.59. The molecule has 0 amide bonds. The summed E-state index contributed by atoms with van der Waals surface area (Å²) in [5.74, 6) is 0.886. The van der Waals surface area contributed by atoms with E-state index in [9.17, 15) is 4.79 Å². The molecule has 5 nitrogen and oxygen atoms in total. The van der Waals surface area contributed by atoms with Gasteiger partial charge in [-0.1, -0.05) is 13.8 Å². The van der Waals surface area contributed by atoms with Crippen molar-refractivity contribution in [2.24, 2.45) is 0 Å². The number of rotatable bonds is 3. The number of halogens is 1. The highest BCUT2D eigenvalue weighted by Gasteiger charge is 2.26. The van der Waals surface area contributed by atoms with Crippen LogP contribution < -0.4 is 5.56 Å². The first kappa shape index (κ1) is 15.9. The predicted octanol–water partition coefficient (Wildman–Crippen LogP) is 2.28. The molecule has 1 atom stereocenters. The molecule has 1 saturated heterocycles. The number of aromatic amines is 1. The SMILES string of the molecule is CC(C)c1nc(C2CN(C(C)C)CCO2)[nH]c(=O)c1I. The van der Waals surface area contributed by atoms with Crippen LogP contribution in [0.4, 0.5) is 0 Å². The molecule has 0 spiro atoms. The van der Waals surface area contributed by atoms with Crippen molar-refractivity contribution in [1.82, 2.24) is 14.9 Å². The number of H-pyrrole nitrogens is 1. The third kappa shape index (κ3) is 3.40. The highest BCUT2D eigenvalue weighted by Crippen LogP contribution is 2.23. The monoisotopic (exact) mass is 391 g/mol. The van der Waals surface area contributed by atoms with Gasteiger partial charge in [-0.25, -0.2) is 4.98 Å². The first-order valence-electron chi connectivity index (χ1n) is 7.05. The Labute approximate surface area is 133 Å². The minimum Gasteiger partial charge on any atom is -0.368 e. The van der Waals surface area contributed by atoms with Crippen LogP contribution in [0.3, 0.4) is 0 Å². The number of hydrogen-bond donors (Lipinski definition) is 1. The van der Waals surface area contributed by atoms with Crippen molar-refractivity contribution >= 4 is 22.6 Å². The number of morpholine rings is 1. The maximum Gasteiger partial charge on any atom is 0.264 e. The Hall–Kier alpha value is -0.470. The van der Waals surface area contributed by atoms with Gasteiger partial charge >= 0.3 is 0 Å². The van der Waals surface area contributed by atoms with Crippen LogP contribution in [-0.2, 0) is 4.74 Å². The van der Waals surface area contributed by atoms with Crippen molar-refractivity contribution < 1.29 is 4.74 Å². The van der Waals surface area contributed by atoms with Crippen molar-refractivity contribution in [3.05, 3.63) is 25.4 Å². The van der Waals surface area contributed by atoms with Gasteiger partial charge in [0.25, 0.3) is 5.56 Å². The van der Waals surface area contributed by atoms with Crippen LogP contribution in [0.5, 0.6) is 0 Å². The van der Waals surface area contributed by atoms with Gasteiger partial charge in [-0.2, -0.15) is 0 Å². The zero-order valence-electron chi connectivity index (χ0n) is 12.4. The van der Waals surface area contributed by atoms with Crippen molar-refractivity contribution in [1.29, 1.82) is 0 Å². The zero-order valence-corrected chi connectivity index (χ0v) is 14.6. The summed E-state index contributed by atoms with van der Waals surface area (Å²) < 4.78 is 6.48. The summed E-state index contributed by atoms with van der Waals surface area (Å²) in [5.41, 5.74) is 0.791. The van der Waals surface area contributed by atoms with E-state index < -0.39 is 0 Å². The molecule has 1 unspecified atom stereocenters. The van der Waals surface area contributed by atoms with Crippen LogP contribution in [0.15, 0.2) is 4.79 Å². The summed E-state index contributed by atoms with van der Waals surface area (Å²) in [6, 6.07) is 0.474. The van der Waals surface area contributed by atoms with Gasteiger partial charge in [0.15, 0.2) is 0 Å². The van der Waals surface area contributed by atoms with E-state index in [0.29, 0.717) is 22.0 Å². The lowest BCUT2D eigenvalue weighted by Crippen LogP contribution is -2.43. The lowest BCUT2D eigenvalue weighted by molar-refractivity contribution is -0.0445. The molecule has 1 aromatic rings. The van der Waals surface area contributed by atoms with Crippen LogP contribution in [0.25, 0.3) is 0 Å². The van der Waals surface area contributed by atoms with Crippen LogP contribution in [0, 0.1) is 3.57 Å². The molecule has 2 heterocycles. The van der Waals surface area contributed by atoms with Crippen molar-refractivity contribution in [3.8, 4) is 0 Å². The van der Waals surface area contributed by atoms with E-state index in [1.54, 1.807) is 0 Å². The second kappa shape index (κ2) is 6.53. The molecule has 0 bridgehead atoms. The Morgan fingerprint density at radius 1 is 1.40 bits per heavy atom. The minimum atomic E-state index is -0.145. The Bertz CT molecular complexity index is 528. The lowest BCUT2D eigenvalue weighted by atomic mass is 10.1. The van der Waals surface area contributed by atoms with Crippen molar-refractivity contribution in [2.45, 2.75) is 45.8 Å². The van der Waals surface area contributed by atoms with Crippen LogP contribution in [0.1, 0.15) is 51.2 Å². The molecule has 0 saturated carbocycles. The van der Waals surface area contributed by atoms with Gasteiger partial charge in [-0.05, 0) is 42.4 Å². The molecule has 1 N–H and O–H groups in total. The number of nitrogens with one attached hydrogen (secondary N) is 1. The van der Waals surface area contributed by atoms with E-state index in [1.165, 1.54) is 0 Å². The second-order valence-electron chi connectivity index (χ2n) is 5.75. The maximum atomic E-state index is 12.1. The molecule has 1 fully saturated rings. The molecule has 1 aliphatic rings. The fraction of sp³-hybridized carbons (Fsp3) is 0.714. The summed E-state index contributed by atoms with van der Waals surface area (Å²) in [7, 11) is 0. The maximum absolute atomic E-state index is 12.1. The quantitative estimate of drug-likeness (QED) is 0.804. The molecule has 0 radical (unpaired) electrons. The van der Waals surface area contributed by atoms with Crippen LogP contribution in [-0.4, -0.2) is 40.6 Å². The van der Waals surface area contributed by atoms with Gasteiger partial charge in [0.2, 0.25) is 0 Å². The normalized spacial score (nSPS) is 20.9. The standard InChI is InChI=1S/C14H22IN3O2/c1-8(2)12-11(15)14(19)17-13(16-12)10-7-18(9(3)4)5-6-20-10/h8-10H,5-7H2,1-4H3,(H,16,17,19). The van der Waals surface area contributed by atoms with E-state index in [-0.39, 0.29) is 17.6 Å². The number of ether oxygens (including phenoxy) is 1. The summed E-state index contributed by atoms with van der Waals surface area (Å²) in [5, 5.41) is 0. The molecular weight excluding hydrogens is 369 g/mol. The third-order valence-corrected chi connectivity index (χ3v) is 4.63. The van der Waals surface area contributed by atoms with Crippen molar-refractivity contribution in [2.75, 3.05) is 19.7 Å². The van der Waals surface area contributed by atoms with Gasteiger partial charge in [0.05, 0.1) is 15.9 Å². The first-order valence-corrected chi connectivity index (χ1v) is 8.13. The number of aromatic nitrogens is 2. The average Bonchev–Trinajstić information content (AvgIpc) is 2.41. The Morgan fingerprint density at radius 3 is 2.70 bits per heavy atom. The molecule has 6 heteroatoms. The summed E-state index contributed by atoms with van der Waals surface area (Å²) in [4.78, 5) is 21.9. The highest BCUT2D eigenvalue weighted by molar-refractivity contribution is 14.1. The first-order chi connectivity index (χ1) is 9.40. The molecule has 0 aliphatic carbocycles. The number of nitrogens with zero attached hydrogens (tertiary/aromatic N) is 2. The largest absolute Gasteiger partial charge is 0.368 e. The van der Waals surface area contributed by atoms with Crippen molar-refractivity contribution in [3.63, 3.8) is 0 Å². The molecular formula is C14H22IN3O2. The molecule has 2 rings (SSSR count). The average molecular weight is 391 g/mol.